The Morgan fingerprint density at radius 3 is 2.74 bits per heavy atom. The van der Waals surface area contributed by atoms with Gasteiger partial charge in [0, 0.05) is 17.8 Å². The SMILES string of the molecule is CCCc1c(C(=O)NCC(O)c2ccsc2)[nH]c(C)c1C(C)=O. The van der Waals surface area contributed by atoms with Crippen LogP contribution in [0.15, 0.2) is 16.8 Å². The number of Topliss-reactive ketones (excluding diaryl/α,β-unsaturated/α-hetero) is 1. The molecule has 2 aromatic heterocycles. The molecule has 1 amide bonds. The Kier molecular flexibility index (Phi) is 5.74. The highest BCUT2D eigenvalue weighted by atomic mass is 32.1. The Bertz CT molecular complexity index is 689. The Labute approximate surface area is 139 Å². The van der Waals surface area contributed by atoms with Gasteiger partial charge >= 0.3 is 0 Å². The highest BCUT2D eigenvalue weighted by Gasteiger charge is 2.22. The van der Waals surface area contributed by atoms with Crippen molar-refractivity contribution in [1.29, 1.82) is 0 Å². The monoisotopic (exact) mass is 334 g/mol. The van der Waals surface area contributed by atoms with Crippen LogP contribution < -0.4 is 5.32 Å². The fourth-order valence-electron chi connectivity index (χ4n) is 2.71. The molecule has 3 N–H and O–H groups in total. The fourth-order valence-corrected chi connectivity index (χ4v) is 3.41. The van der Waals surface area contributed by atoms with Gasteiger partial charge in [-0.1, -0.05) is 13.3 Å². The normalized spacial score (nSPS) is 12.2. The second-order valence-electron chi connectivity index (χ2n) is 5.57. The topological polar surface area (TPSA) is 82.2 Å². The zero-order valence-corrected chi connectivity index (χ0v) is 14.4. The van der Waals surface area contributed by atoms with E-state index in [1.54, 1.807) is 6.92 Å². The van der Waals surface area contributed by atoms with E-state index in [4.69, 9.17) is 0 Å². The number of aliphatic hydroxyl groups excluding tert-OH is 1. The van der Waals surface area contributed by atoms with Gasteiger partial charge in [-0.2, -0.15) is 11.3 Å². The van der Waals surface area contributed by atoms with Gasteiger partial charge in [0.15, 0.2) is 5.78 Å². The lowest BCUT2D eigenvalue weighted by Gasteiger charge is -2.11. The van der Waals surface area contributed by atoms with E-state index < -0.39 is 6.10 Å². The second-order valence-corrected chi connectivity index (χ2v) is 6.35. The number of hydrogen-bond donors (Lipinski definition) is 3. The molecule has 0 spiro atoms. The van der Waals surface area contributed by atoms with Gasteiger partial charge in [-0.3, -0.25) is 9.59 Å². The van der Waals surface area contributed by atoms with E-state index in [2.05, 4.69) is 10.3 Å². The molecule has 2 aromatic rings. The van der Waals surface area contributed by atoms with Crippen LogP contribution in [-0.4, -0.2) is 28.3 Å². The molecule has 0 saturated heterocycles. The summed E-state index contributed by atoms with van der Waals surface area (Å²) in [5.41, 5.74) is 3.29. The van der Waals surface area contributed by atoms with E-state index in [1.165, 1.54) is 18.3 Å². The average molecular weight is 334 g/mol. The lowest BCUT2D eigenvalue weighted by molar-refractivity contribution is 0.0911. The zero-order valence-electron chi connectivity index (χ0n) is 13.6. The average Bonchev–Trinajstić information content (AvgIpc) is 3.13. The molecule has 0 aliphatic carbocycles. The maximum atomic E-state index is 12.4. The number of thiophene rings is 1. The maximum Gasteiger partial charge on any atom is 0.268 e. The van der Waals surface area contributed by atoms with E-state index in [9.17, 15) is 14.7 Å². The summed E-state index contributed by atoms with van der Waals surface area (Å²) in [7, 11) is 0. The number of aromatic amines is 1. The summed E-state index contributed by atoms with van der Waals surface area (Å²) in [6.07, 6.45) is 0.771. The first-order valence-electron chi connectivity index (χ1n) is 7.66. The minimum Gasteiger partial charge on any atom is -0.387 e. The lowest BCUT2D eigenvalue weighted by atomic mass is 10.0. The minimum atomic E-state index is -0.733. The van der Waals surface area contributed by atoms with Gasteiger partial charge in [0.2, 0.25) is 0 Å². The fraction of sp³-hybridized carbons (Fsp3) is 0.412. The van der Waals surface area contributed by atoms with Crippen molar-refractivity contribution in [3.63, 3.8) is 0 Å². The Balaban J connectivity index is 2.15. The van der Waals surface area contributed by atoms with Gasteiger partial charge in [-0.15, -0.1) is 0 Å². The Morgan fingerprint density at radius 2 is 2.17 bits per heavy atom. The molecule has 1 atom stereocenters. The first-order valence-corrected chi connectivity index (χ1v) is 8.60. The van der Waals surface area contributed by atoms with E-state index in [-0.39, 0.29) is 18.2 Å². The number of nitrogens with one attached hydrogen (secondary N) is 2. The number of H-pyrrole nitrogens is 1. The number of carbonyl (C=O) groups is 2. The van der Waals surface area contributed by atoms with Crippen LogP contribution in [0.2, 0.25) is 0 Å². The third-order valence-electron chi connectivity index (χ3n) is 3.75. The van der Waals surface area contributed by atoms with Crippen LogP contribution in [0, 0.1) is 6.92 Å². The van der Waals surface area contributed by atoms with E-state index in [0.717, 1.165) is 17.5 Å². The molecule has 0 fully saturated rings. The number of amides is 1. The zero-order chi connectivity index (χ0) is 17.0. The van der Waals surface area contributed by atoms with Crippen molar-refractivity contribution < 1.29 is 14.7 Å². The molecule has 5 nitrogen and oxygen atoms in total. The van der Waals surface area contributed by atoms with Gasteiger partial charge in [0.25, 0.3) is 5.91 Å². The number of ketones is 1. The molecule has 0 aromatic carbocycles. The first-order chi connectivity index (χ1) is 11.0. The predicted molar refractivity (Wildman–Crippen MR) is 91.1 cm³/mol. The van der Waals surface area contributed by atoms with Crippen LogP contribution in [0.1, 0.15) is 64.0 Å². The molecule has 0 saturated carbocycles. The Morgan fingerprint density at radius 1 is 1.43 bits per heavy atom. The number of aliphatic hydroxyl groups is 1. The number of rotatable bonds is 7. The van der Waals surface area contributed by atoms with Gasteiger partial charge in [0.1, 0.15) is 5.69 Å². The smallest absolute Gasteiger partial charge is 0.268 e. The Hall–Kier alpha value is -1.92. The van der Waals surface area contributed by atoms with Crippen molar-refractivity contribution in [3.8, 4) is 0 Å². The van der Waals surface area contributed by atoms with Crippen LogP contribution in [0.4, 0.5) is 0 Å². The van der Waals surface area contributed by atoms with Crippen molar-refractivity contribution >= 4 is 23.0 Å². The molecule has 2 heterocycles. The molecule has 0 bridgehead atoms. The first kappa shape index (κ1) is 17.4. The summed E-state index contributed by atoms with van der Waals surface area (Å²) in [6.45, 7) is 5.45. The van der Waals surface area contributed by atoms with Crippen LogP contribution in [0.5, 0.6) is 0 Å². The molecule has 23 heavy (non-hydrogen) atoms. The van der Waals surface area contributed by atoms with Gasteiger partial charge in [-0.05, 0) is 48.2 Å². The molecule has 124 valence electrons. The molecule has 1 unspecified atom stereocenters. The third-order valence-corrected chi connectivity index (χ3v) is 4.46. The minimum absolute atomic E-state index is 0.0421. The highest BCUT2D eigenvalue weighted by Crippen LogP contribution is 2.22. The van der Waals surface area contributed by atoms with Crippen LogP contribution in [0.3, 0.4) is 0 Å². The second kappa shape index (κ2) is 7.57. The quantitative estimate of drug-likeness (QED) is 0.681. The molecule has 6 heteroatoms. The maximum absolute atomic E-state index is 12.4. The highest BCUT2D eigenvalue weighted by molar-refractivity contribution is 7.07. The van der Waals surface area contributed by atoms with Crippen LogP contribution >= 0.6 is 11.3 Å². The van der Waals surface area contributed by atoms with Crippen LogP contribution in [0.25, 0.3) is 0 Å². The largest absolute Gasteiger partial charge is 0.387 e. The van der Waals surface area contributed by atoms with Crippen molar-refractivity contribution in [1.82, 2.24) is 10.3 Å². The van der Waals surface area contributed by atoms with Crippen molar-refractivity contribution in [2.75, 3.05) is 6.54 Å². The number of carbonyl (C=O) groups excluding carboxylic acids is 2. The van der Waals surface area contributed by atoms with Gasteiger partial charge < -0.3 is 15.4 Å². The summed E-state index contributed by atoms with van der Waals surface area (Å²) in [5.74, 6) is -0.335. The summed E-state index contributed by atoms with van der Waals surface area (Å²) in [6, 6.07) is 1.83. The summed E-state index contributed by atoms with van der Waals surface area (Å²) in [4.78, 5) is 27.3. The number of hydrogen-bond acceptors (Lipinski definition) is 4. The van der Waals surface area contributed by atoms with Crippen molar-refractivity contribution in [2.45, 2.75) is 39.7 Å². The third kappa shape index (κ3) is 3.89. The molecular formula is C17H22N2O3S. The summed E-state index contributed by atoms with van der Waals surface area (Å²) >= 11 is 1.50. The number of aryl methyl sites for hydroxylation is 1. The predicted octanol–water partition coefficient (Wildman–Crippen LogP) is 3.00. The van der Waals surface area contributed by atoms with E-state index in [0.29, 0.717) is 23.4 Å². The molecular weight excluding hydrogens is 312 g/mol. The van der Waals surface area contributed by atoms with Crippen molar-refractivity contribution in [3.05, 3.63) is 44.9 Å². The molecule has 0 aliphatic rings. The van der Waals surface area contributed by atoms with Gasteiger partial charge in [0.05, 0.1) is 6.10 Å². The molecule has 0 radical (unpaired) electrons. The molecule has 0 aliphatic heterocycles. The number of aromatic nitrogens is 1. The lowest BCUT2D eigenvalue weighted by Crippen LogP contribution is -2.29. The van der Waals surface area contributed by atoms with E-state index >= 15 is 0 Å². The van der Waals surface area contributed by atoms with E-state index in [1.807, 2.05) is 23.8 Å². The van der Waals surface area contributed by atoms with Crippen LogP contribution in [-0.2, 0) is 6.42 Å². The van der Waals surface area contributed by atoms with Gasteiger partial charge in [-0.25, -0.2) is 0 Å². The van der Waals surface area contributed by atoms with Crippen molar-refractivity contribution in [2.24, 2.45) is 0 Å². The molecule has 2 rings (SSSR count). The standard InChI is InChI=1S/C17H22N2O3S/c1-4-5-13-15(11(3)20)10(2)19-16(13)17(22)18-8-14(21)12-6-7-23-9-12/h6-7,9,14,19,21H,4-5,8H2,1-3H3,(H,18,22). The summed E-state index contributed by atoms with van der Waals surface area (Å²) < 4.78 is 0. The summed E-state index contributed by atoms with van der Waals surface area (Å²) in [5, 5.41) is 16.5.